The van der Waals surface area contributed by atoms with Crippen molar-refractivity contribution in [2.75, 3.05) is 6.61 Å². The first-order chi connectivity index (χ1) is 17.1. The summed E-state index contributed by atoms with van der Waals surface area (Å²) in [4.78, 5) is 25.1. The fourth-order valence-electron chi connectivity index (χ4n) is 4.83. The first-order valence-corrected chi connectivity index (χ1v) is 14.6. The molecule has 0 unspecified atom stereocenters. The van der Waals surface area contributed by atoms with Crippen LogP contribution in [0.1, 0.15) is 68.0 Å². The monoisotopic (exact) mass is 595 g/mol. The smallest absolute Gasteiger partial charge is 0.340 e. The maximum Gasteiger partial charge on any atom is 0.340 e. The average molecular weight is 597 g/mol. The van der Waals surface area contributed by atoms with E-state index in [4.69, 9.17) is 21.1 Å². The van der Waals surface area contributed by atoms with Gasteiger partial charge >= 0.3 is 11.9 Å². The van der Waals surface area contributed by atoms with E-state index in [9.17, 15) is 18.0 Å². The van der Waals surface area contributed by atoms with Gasteiger partial charge < -0.3 is 14.0 Å². The molecule has 0 N–H and O–H groups in total. The summed E-state index contributed by atoms with van der Waals surface area (Å²) in [7, 11) is -3.83. The van der Waals surface area contributed by atoms with Gasteiger partial charge in [0.2, 0.25) is 0 Å². The number of nitrogens with zero attached hydrogens (tertiary/aromatic N) is 1. The second-order valence-electron chi connectivity index (χ2n) is 8.81. The number of sulfone groups is 1. The molecular formula is C26H27BrClNO6S. The molecule has 0 spiro atoms. The molecule has 192 valence electrons. The lowest BCUT2D eigenvalue weighted by Gasteiger charge is -2.27. The lowest BCUT2D eigenvalue weighted by atomic mass is 9.95. The summed E-state index contributed by atoms with van der Waals surface area (Å²) in [5.74, 6) is -1.28. The predicted octanol–water partition coefficient (Wildman–Crippen LogP) is 6.64. The predicted molar refractivity (Wildman–Crippen MR) is 141 cm³/mol. The number of rotatable bonds is 7. The van der Waals surface area contributed by atoms with E-state index >= 15 is 0 Å². The molecule has 1 aliphatic rings. The van der Waals surface area contributed by atoms with Crippen LogP contribution in [0.25, 0.3) is 10.9 Å². The van der Waals surface area contributed by atoms with Crippen molar-refractivity contribution >= 4 is 60.2 Å². The number of carbonyl (C=O) groups excluding carboxylic acids is 2. The van der Waals surface area contributed by atoms with Gasteiger partial charge in [0.25, 0.3) is 0 Å². The Morgan fingerprint density at radius 3 is 2.39 bits per heavy atom. The molecule has 3 aromatic rings. The van der Waals surface area contributed by atoms with E-state index in [1.54, 1.807) is 19.1 Å². The molecule has 0 atom stereocenters. The highest BCUT2D eigenvalue weighted by atomic mass is 79.9. The molecule has 1 heterocycles. The Morgan fingerprint density at radius 1 is 1.11 bits per heavy atom. The molecule has 7 nitrogen and oxygen atoms in total. The Kier molecular flexibility index (Phi) is 8.12. The summed E-state index contributed by atoms with van der Waals surface area (Å²) in [5.41, 5.74) is 1.24. The van der Waals surface area contributed by atoms with Crippen LogP contribution in [0.2, 0.25) is 5.02 Å². The van der Waals surface area contributed by atoms with Crippen LogP contribution >= 0.6 is 27.5 Å². The zero-order chi connectivity index (χ0) is 26.0. The Morgan fingerprint density at radius 2 is 1.78 bits per heavy atom. The molecule has 0 amide bonds. The van der Waals surface area contributed by atoms with Gasteiger partial charge in [-0.1, -0.05) is 30.9 Å². The van der Waals surface area contributed by atoms with E-state index in [0.29, 0.717) is 26.1 Å². The Bertz CT molecular complexity index is 1410. The molecule has 4 rings (SSSR count). The lowest BCUT2D eigenvalue weighted by Crippen LogP contribution is -2.19. The minimum absolute atomic E-state index is 0.0197. The van der Waals surface area contributed by atoms with Gasteiger partial charge in [-0.15, -0.1) is 0 Å². The van der Waals surface area contributed by atoms with E-state index in [-0.39, 0.29) is 28.9 Å². The van der Waals surface area contributed by atoms with Crippen LogP contribution in [-0.2, 0) is 25.1 Å². The van der Waals surface area contributed by atoms with E-state index in [2.05, 4.69) is 15.9 Å². The summed E-state index contributed by atoms with van der Waals surface area (Å²) in [6.45, 7) is 3.12. The SMILES string of the molecule is CCOC(=O)c1c(CS(=O)(=O)c2ccc(Cl)cc2)n(C2CCCCC2)c2cc(Br)c(OC(C)=O)cc12. The zero-order valence-electron chi connectivity index (χ0n) is 20.1. The third-order valence-electron chi connectivity index (χ3n) is 6.33. The fourth-order valence-corrected chi connectivity index (χ4v) is 6.73. The second kappa shape index (κ2) is 10.9. The van der Waals surface area contributed by atoms with Crippen molar-refractivity contribution < 1.29 is 27.5 Å². The normalized spacial score (nSPS) is 14.7. The van der Waals surface area contributed by atoms with Gasteiger partial charge in [-0.2, -0.15) is 0 Å². The first kappa shape index (κ1) is 26.7. The highest BCUT2D eigenvalue weighted by Gasteiger charge is 2.32. The number of ether oxygens (including phenoxy) is 2. The quantitative estimate of drug-likeness (QED) is 0.224. The molecule has 1 aliphatic carbocycles. The van der Waals surface area contributed by atoms with E-state index < -0.39 is 27.5 Å². The molecule has 0 saturated heterocycles. The van der Waals surface area contributed by atoms with Crippen LogP contribution in [0.5, 0.6) is 5.75 Å². The Balaban J connectivity index is 2.00. The molecule has 0 bridgehead atoms. The van der Waals surface area contributed by atoms with Gasteiger partial charge in [-0.3, -0.25) is 4.79 Å². The number of halogens is 2. The van der Waals surface area contributed by atoms with E-state index in [1.807, 2.05) is 4.57 Å². The van der Waals surface area contributed by atoms with Crippen LogP contribution in [0, 0.1) is 0 Å². The summed E-state index contributed by atoms with van der Waals surface area (Å²) in [6, 6.07) is 9.38. The maximum atomic E-state index is 13.5. The molecule has 1 aromatic heterocycles. The van der Waals surface area contributed by atoms with Gasteiger partial charge in [0.05, 0.1) is 32.8 Å². The van der Waals surface area contributed by atoms with Crippen LogP contribution in [0.15, 0.2) is 45.8 Å². The van der Waals surface area contributed by atoms with Crippen molar-refractivity contribution in [3.8, 4) is 5.75 Å². The van der Waals surface area contributed by atoms with Gasteiger partial charge in [0, 0.05) is 29.1 Å². The molecule has 2 aromatic carbocycles. The Labute approximate surface area is 223 Å². The second-order valence-corrected chi connectivity index (χ2v) is 12.1. The maximum absolute atomic E-state index is 13.5. The van der Waals surface area contributed by atoms with Gasteiger partial charge in [-0.25, -0.2) is 13.2 Å². The van der Waals surface area contributed by atoms with Crippen molar-refractivity contribution in [3.05, 3.63) is 57.2 Å². The minimum Gasteiger partial charge on any atom is -0.462 e. The third-order valence-corrected chi connectivity index (χ3v) is 8.85. The number of hydrogen-bond donors (Lipinski definition) is 0. The van der Waals surface area contributed by atoms with Crippen molar-refractivity contribution in [3.63, 3.8) is 0 Å². The average Bonchev–Trinajstić information content (AvgIpc) is 3.11. The third kappa shape index (κ3) is 5.48. The molecule has 36 heavy (non-hydrogen) atoms. The van der Waals surface area contributed by atoms with Gasteiger partial charge in [0.1, 0.15) is 5.75 Å². The highest BCUT2D eigenvalue weighted by Crippen LogP contribution is 2.41. The highest BCUT2D eigenvalue weighted by molar-refractivity contribution is 9.10. The first-order valence-electron chi connectivity index (χ1n) is 11.8. The molecule has 10 heteroatoms. The number of hydrogen-bond acceptors (Lipinski definition) is 6. The lowest BCUT2D eigenvalue weighted by molar-refractivity contribution is -0.131. The standard InChI is InChI=1S/C26H27BrClNO6S/c1-3-34-26(31)25-20-13-24(35-16(2)30)21(27)14-22(20)29(18-7-5-4-6-8-18)23(25)15-36(32,33)19-11-9-17(28)10-12-19/h9-14,18H,3-8,15H2,1-2H3. The number of benzene rings is 2. The van der Waals surface area contributed by atoms with E-state index in [1.165, 1.54) is 31.2 Å². The molecule has 1 fully saturated rings. The fraction of sp³-hybridized carbons (Fsp3) is 0.385. The molecule has 0 radical (unpaired) electrons. The Hall–Kier alpha value is -2.36. The van der Waals surface area contributed by atoms with Crippen LogP contribution in [0.3, 0.4) is 0 Å². The number of fused-ring (bicyclic) bond motifs is 1. The molecule has 1 saturated carbocycles. The zero-order valence-corrected chi connectivity index (χ0v) is 23.2. The van der Waals surface area contributed by atoms with Crippen molar-refractivity contribution in [1.29, 1.82) is 0 Å². The van der Waals surface area contributed by atoms with E-state index in [0.717, 1.165) is 32.1 Å². The van der Waals surface area contributed by atoms with Crippen molar-refractivity contribution in [2.45, 2.75) is 62.6 Å². The van der Waals surface area contributed by atoms with Crippen LogP contribution < -0.4 is 4.74 Å². The van der Waals surface area contributed by atoms with Crippen LogP contribution in [0.4, 0.5) is 0 Å². The van der Waals surface area contributed by atoms with Crippen LogP contribution in [-0.4, -0.2) is 31.5 Å². The van der Waals surface area contributed by atoms with Crippen molar-refractivity contribution in [2.24, 2.45) is 0 Å². The van der Waals surface area contributed by atoms with Crippen molar-refractivity contribution in [1.82, 2.24) is 4.57 Å². The minimum atomic E-state index is -3.83. The number of esters is 2. The summed E-state index contributed by atoms with van der Waals surface area (Å²) < 4.78 is 40.3. The number of carbonyl (C=O) groups is 2. The summed E-state index contributed by atoms with van der Waals surface area (Å²) in [5, 5.41) is 0.917. The van der Waals surface area contributed by atoms with Gasteiger partial charge in [0.15, 0.2) is 9.84 Å². The summed E-state index contributed by atoms with van der Waals surface area (Å²) >= 11 is 9.44. The molecule has 0 aliphatic heterocycles. The number of aromatic nitrogens is 1. The largest absolute Gasteiger partial charge is 0.462 e. The molecular weight excluding hydrogens is 570 g/mol. The topological polar surface area (TPSA) is 91.7 Å². The van der Waals surface area contributed by atoms with Gasteiger partial charge in [-0.05, 0) is 72.1 Å². The summed E-state index contributed by atoms with van der Waals surface area (Å²) in [6.07, 6.45) is 4.86.